The highest BCUT2D eigenvalue weighted by molar-refractivity contribution is 6.28. The lowest BCUT2D eigenvalue weighted by molar-refractivity contribution is 1.18. The van der Waals surface area contributed by atoms with Crippen LogP contribution in [0.3, 0.4) is 0 Å². The second-order valence-corrected chi connectivity index (χ2v) is 9.19. The average molecular weight is 476 g/mol. The maximum absolute atomic E-state index is 3.57. The summed E-state index contributed by atoms with van der Waals surface area (Å²) in [6.45, 7) is 0. The smallest absolute Gasteiger partial charge is 0.0548 e. The van der Waals surface area contributed by atoms with Crippen molar-refractivity contribution in [3.05, 3.63) is 140 Å². The number of nitrogens with zero attached hydrogens (tertiary/aromatic N) is 1. The quantitative estimate of drug-likeness (QED) is 0.250. The molecule has 0 atom stereocenters. The van der Waals surface area contributed by atoms with E-state index in [9.17, 15) is 0 Å². The summed E-state index contributed by atoms with van der Waals surface area (Å²) in [4.78, 5) is 6.73. The summed E-state index contributed by atoms with van der Waals surface area (Å²) in [6, 6.07) is 46.6. The van der Waals surface area contributed by atoms with Gasteiger partial charge in [-0.3, -0.25) is 0 Å². The number of aromatic nitrogens is 3. The Morgan fingerprint density at radius 2 is 1.16 bits per heavy atom. The molecule has 3 heterocycles. The summed E-state index contributed by atoms with van der Waals surface area (Å²) in [5.41, 5.74) is 8.46. The van der Waals surface area contributed by atoms with Gasteiger partial charge in [-0.1, -0.05) is 84.9 Å². The molecule has 3 heteroatoms. The van der Waals surface area contributed by atoms with Crippen molar-refractivity contribution < 1.29 is 0 Å². The van der Waals surface area contributed by atoms with E-state index >= 15 is 0 Å². The molecule has 0 spiro atoms. The van der Waals surface area contributed by atoms with Gasteiger partial charge < -0.3 is 14.5 Å². The molecule has 0 radical (unpaired) electrons. The number of benzene rings is 5. The molecule has 2 N–H and O–H groups in total. The molecule has 0 unspecified atom stereocenters. The van der Waals surface area contributed by atoms with Crippen LogP contribution in [-0.4, -0.2) is 14.5 Å². The predicted molar refractivity (Wildman–Crippen MR) is 156 cm³/mol. The van der Waals surface area contributed by atoms with Crippen LogP contribution in [0.4, 0.5) is 0 Å². The van der Waals surface area contributed by atoms with Crippen molar-refractivity contribution in [3.63, 3.8) is 0 Å². The molecule has 0 amide bonds. The fourth-order valence-electron chi connectivity index (χ4n) is 5.38. The van der Waals surface area contributed by atoms with Gasteiger partial charge in [0, 0.05) is 50.2 Å². The van der Waals surface area contributed by atoms with Crippen molar-refractivity contribution in [1.82, 2.24) is 14.5 Å². The Hall–Kier alpha value is -5.02. The summed E-state index contributed by atoms with van der Waals surface area (Å²) < 4.78 is 2.37. The van der Waals surface area contributed by atoms with Crippen LogP contribution in [0.15, 0.2) is 140 Å². The minimum absolute atomic E-state index is 1.17. The number of aromatic amines is 2. The Balaban J connectivity index is 0.000000176. The molecule has 0 aliphatic carbocycles. The maximum atomic E-state index is 3.57. The van der Waals surface area contributed by atoms with Gasteiger partial charge in [0.25, 0.3) is 0 Å². The summed E-state index contributed by atoms with van der Waals surface area (Å²) in [6.07, 6.45) is 1.93. The lowest BCUT2D eigenvalue weighted by Crippen LogP contribution is -1.92. The van der Waals surface area contributed by atoms with Gasteiger partial charge in [0.15, 0.2) is 0 Å². The van der Waals surface area contributed by atoms with E-state index in [1.54, 1.807) is 0 Å². The molecule has 3 aromatic heterocycles. The second-order valence-electron chi connectivity index (χ2n) is 9.19. The monoisotopic (exact) mass is 475 g/mol. The second kappa shape index (κ2) is 8.89. The first-order valence-corrected chi connectivity index (χ1v) is 12.6. The van der Waals surface area contributed by atoms with Gasteiger partial charge in [-0.15, -0.1) is 0 Å². The van der Waals surface area contributed by atoms with Gasteiger partial charge in [0.05, 0.1) is 11.0 Å². The van der Waals surface area contributed by atoms with Gasteiger partial charge in [0.1, 0.15) is 0 Å². The van der Waals surface area contributed by atoms with Gasteiger partial charge in [-0.05, 0) is 54.1 Å². The largest absolute Gasteiger partial charge is 0.361 e. The van der Waals surface area contributed by atoms with E-state index in [4.69, 9.17) is 0 Å². The van der Waals surface area contributed by atoms with Gasteiger partial charge in [-0.2, -0.15) is 0 Å². The Morgan fingerprint density at radius 1 is 0.459 bits per heavy atom. The van der Waals surface area contributed by atoms with Crippen molar-refractivity contribution in [1.29, 1.82) is 0 Å². The molecule has 37 heavy (non-hydrogen) atoms. The molecule has 5 aromatic carbocycles. The third kappa shape index (κ3) is 3.60. The highest BCUT2D eigenvalue weighted by Gasteiger charge is 2.16. The van der Waals surface area contributed by atoms with Crippen molar-refractivity contribution in [2.45, 2.75) is 0 Å². The fraction of sp³-hybridized carbons (Fsp3) is 0. The van der Waals surface area contributed by atoms with Crippen LogP contribution in [0, 0.1) is 0 Å². The van der Waals surface area contributed by atoms with E-state index in [0.717, 1.165) is 0 Å². The van der Waals surface area contributed by atoms with Crippen LogP contribution in [0.1, 0.15) is 0 Å². The fourth-order valence-corrected chi connectivity index (χ4v) is 5.38. The predicted octanol–water partition coefficient (Wildman–Crippen LogP) is 9.10. The number of para-hydroxylation sites is 3. The lowest BCUT2D eigenvalue weighted by atomic mass is 10.1. The van der Waals surface area contributed by atoms with Crippen LogP contribution in [-0.2, 0) is 0 Å². The van der Waals surface area contributed by atoms with Crippen molar-refractivity contribution in [3.8, 4) is 16.9 Å². The number of hydrogen-bond donors (Lipinski definition) is 2. The SMILES string of the molecule is c1ccc(-c2ccc[nH]2)cc1.c1ccc(-n2c3ccccc3c3c4c(ccc32)[nH]c2ccccc24)cc1. The standard InChI is InChI=1S/C24H16N2.C10H9N/c1-2-8-16(9-3-1)26-21-13-7-5-11-18(21)24-22(26)15-14-20-23(24)17-10-4-6-12-19(17)25-20;1-2-5-9(6-3-1)10-7-4-8-11-10/h1-15,25H;1-8,11H. The van der Waals surface area contributed by atoms with E-state index in [0.29, 0.717) is 0 Å². The third-order valence-electron chi connectivity index (χ3n) is 7.00. The highest BCUT2D eigenvalue weighted by atomic mass is 15.0. The van der Waals surface area contributed by atoms with Crippen molar-refractivity contribution >= 4 is 43.6 Å². The van der Waals surface area contributed by atoms with Crippen LogP contribution >= 0.6 is 0 Å². The van der Waals surface area contributed by atoms with Crippen LogP contribution in [0.25, 0.3) is 60.6 Å². The first-order valence-electron chi connectivity index (χ1n) is 12.6. The number of H-pyrrole nitrogens is 2. The molecule has 0 fully saturated rings. The first-order chi connectivity index (χ1) is 18.4. The van der Waals surface area contributed by atoms with Crippen molar-refractivity contribution in [2.75, 3.05) is 0 Å². The third-order valence-corrected chi connectivity index (χ3v) is 7.00. The molecule has 8 aromatic rings. The molecule has 0 saturated heterocycles. The van der Waals surface area contributed by atoms with E-state index in [1.807, 2.05) is 30.5 Å². The zero-order valence-corrected chi connectivity index (χ0v) is 20.2. The van der Waals surface area contributed by atoms with Crippen LogP contribution < -0.4 is 0 Å². The Morgan fingerprint density at radius 3 is 1.95 bits per heavy atom. The molecule has 0 bridgehead atoms. The normalized spacial score (nSPS) is 11.2. The summed E-state index contributed by atoms with van der Waals surface area (Å²) >= 11 is 0. The van der Waals surface area contributed by atoms with E-state index < -0.39 is 0 Å². The average Bonchev–Trinajstić information content (AvgIpc) is 3.70. The molecule has 0 saturated carbocycles. The Bertz CT molecular complexity index is 1960. The Kier molecular flexibility index (Phi) is 5.11. The number of nitrogens with one attached hydrogen (secondary N) is 2. The zero-order valence-electron chi connectivity index (χ0n) is 20.2. The van der Waals surface area contributed by atoms with E-state index in [-0.39, 0.29) is 0 Å². The zero-order chi connectivity index (χ0) is 24.6. The minimum atomic E-state index is 1.17. The summed E-state index contributed by atoms with van der Waals surface area (Å²) in [7, 11) is 0. The van der Waals surface area contributed by atoms with Gasteiger partial charge >= 0.3 is 0 Å². The van der Waals surface area contributed by atoms with Crippen molar-refractivity contribution in [2.24, 2.45) is 0 Å². The molecular weight excluding hydrogens is 450 g/mol. The first kappa shape index (κ1) is 21.3. The molecular formula is C34H25N3. The highest BCUT2D eigenvalue weighted by Crippen LogP contribution is 2.39. The van der Waals surface area contributed by atoms with E-state index in [1.165, 1.54) is 60.6 Å². The van der Waals surface area contributed by atoms with E-state index in [2.05, 4.69) is 124 Å². The number of rotatable bonds is 2. The molecule has 8 rings (SSSR count). The number of hydrogen-bond acceptors (Lipinski definition) is 0. The van der Waals surface area contributed by atoms with Gasteiger partial charge in [-0.25, -0.2) is 0 Å². The van der Waals surface area contributed by atoms with Gasteiger partial charge in [0.2, 0.25) is 0 Å². The molecule has 0 aliphatic rings. The number of fused-ring (bicyclic) bond motifs is 7. The molecule has 0 aliphatic heterocycles. The topological polar surface area (TPSA) is 36.5 Å². The van der Waals surface area contributed by atoms with Crippen LogP contribution in [0.5, 0.6) is 0 Å². The maximum Gasteiger partial charge on any atom is 0.0548 e. The minimum Gasteiger partial charge on any atom is -0.361 e. The Labute approximate surface area is 214 Å². The van der Waals surface area contributed by atoms with Crippen LogP contribution in [0.2, 0.25) is 0 Å². The molecule has 176 valence electrons. The molecule has 3 nitrogen and oxygen atoms in total. The summed E-state index contributed by atoms with van der Waals surface area (Å²) in [5.74, 6) is 0. The lowest BCUT2D eigenvalue weighted by Gasteiger charge is -2.07. The summed E-state index contributed by atoms with van der Waals surface area (Å²) in [5, 5.41) is 5.20.